The summed E-state index contributed by atoms with van der Waals surface area (Å²) < 4.78 is 5.86. The molecule has 2 heteroatoms. The molecule has 0 saturated heterocycles. The third-order valence-corrected chi connectivity index (χ3v) is 7.44. The van der Waals surface area contributed by atoms with Crippen molar-refractivity contribution < 1.29 is 9.53 Å². The Balaban J connectivity index is 2.03. The highest BCUT2D eigenvalue weighted by molar-refractivity contribution is 5.79. The smallest absolute Gasteiger partial charge is 0.312 e. The summed E-state index contributed by atoms with van der Waals surface area (Å²) in [5, 5.41) is 0. The number of fused-ring (bicyclic) bond motifs is 3. The van der Waals surface area contributed by atoms with Gasteiger partial charge in [-0.3, -0.25) is 4.79 Å². The van der Waals surface area contributed by atoms with Crippen molar-refractivity contribution in [1.82, 2.24) is 0 Å². The van der Waals surface area contributed by atoms with Crippen LogP contribution in [0.1, 0.15) is 73.6 Å². The van der Waals surface area contributed by atoms with Crippen LogP contribution in [-0.4, -0.2) is 12.1 Å². The van der Waals surface area contributed by atoms with Gasteiger partial charge >= 0.3 is 5.97 Å². The Morgan fingerprint density at radius 2 is 1.92 bits per heavy atom. The highest BCUT2D eigenvalue weighted by atomic mass is 16.5. The van der Waals surface area contributed by atoms with Crippen molar-refractivity contribution in [2.24, 2.45) is 34.5 Å². The van der Waals surface area contributed by atoms with Gasteiger partial charge in [0.2, 0.25) is 0 Å². The van der Waals surface area contributed by atoms with Crippen LogP contribution in [0.5, 0.6) is 0 Å². The molecule has 2 fully saturated rings. The molecule has 0 amide bonds. The fraction of sp³-hybridized carbons (Fsp3) is 0.783. The first-order chi connectivity index (χ1) is 11.7. The van der Waals surface area contributed by atoms with Crippen LogP contribution in [0.15, 0.2) is 23.8 Å². The van der Waals surface area contributed by atoms with E-state index in [0.29, 0.717) is 23.7 Å². The molecule has 25 heavy (non-hydrogen) atoms. The van der Waals surface area contributed by atoms with E-state index >= 15 is 0 Å². The lowest BCUT2D eigenvalue weighted by Crippen LogP contribution is -2.53. The minimum atomic E-state index is -0.273. The maximum Gasteiger partial charge on any atom is 0.312 e. The number of hydrogen-bond acceptors (Lipinski definition) is 2. The second kappa shape index (κ2) is 6.59. The van der Waals surface area contributed by atoms with Crippen LogP contribution < -0.4 is 0 Å². The SMILES string of the molecule is CC1=CC[C@]2(C)CC[C@]3(C(=O)OC(C)C)[C@@H](C(C)C)CC[C@H]3[C@@H]2C=C1. The van der Waals surface area contributed by atoms with E-state index in [-0.39, 0.29) is 22.9 Å². The lowest BCUT2D eigenvalue weighted by molar-refractivity contribution is -0.175. The molecule has 0 aromatic rings. The van der Waals surface area contributed by atoms with Gasteiger partial charge in [0, 0.05) is 0 Å². The van der Waals surface area contributed by atoms with E-state index in [1.165, 1.54) is 18.4 Å². The molecule has 0 aromatic carbocycles. The summed E-state index contributed by atoms with van der Waals surface area (Å²) >= 11 is 0. The molecule has 2 nitrogen and oxygen atoms in total. The van der Waals surface area contributed by atoms with Gasteiger partial charge in [-0.05, 0) is 82.0 Å². The second-order valence-corrected chi connectivity index (χ2v) is 9.72. The summed E-state index contributed by atoms with van der Waals surface area (Å²) in [7, 11) is 0. The van der Waals surface area contributed by atoms with Crippen molar-refractivity contribution in [3.05, 3.63) is 23.8 Å². The summed E-state index contributed by atoms with van der Waals surface area (Å²) in [6.07, 6.45) is 12.7. The summed E-state index contributed by atoms with van der Waals surface area (Å²) in [6.45, 7) is 13.2. The molecular weight excluding hydrogens is 308 g/mol. The average Bonchev–Trinajstić information content (AvgIpc) is 2.85. The molecule has 0 spiro atoms. The van der Waals surface area contributed by atoms with Gasteiger partial charge in [-0.1, -0.05) is 44.6 Å². The molecule has 3 aliphatic carbocycles. The molecule has 2 saturated carbocycles. The normalized spacial score (nSPS) is 40.5. The Kier molecular flexibility index (Phi) is 4.94. The molecule has 0 aliphatic heterocycles. The van der Waals surface area contributed by atoms with Crippen molar-refractivity contribution in [2.75, 3.05) is 0 Å². The van der Waals surface area contributed by atoms with Crippen molar-refractivity contribution in [3.8, 4) is 0 Å². The number of carbonyl (C=O) groups excluding carboxylic acids is 1. The standard InChI is InChI=1S/C23H36O2/c1-15(2)18-9-10-20-19-8-7-17(5)11-12-22(19,6)13-14-23(18,20)21(24)25-16(3)4/h7-8,11,15-16,18-20H,9-10,12-14H2,1-6H3/t18-,19+,20+,22-,23+/m1/s1. The summed E-state index contributed by atoms with van der Waals surface area (Å²) in [4.78, 5) is 13.4. The van der Waals surface area contributed by atoms with Gasteiger partial charge < -0.3 is 4.74 Å². The lowest BCUT2D eigenvalue weighted by atomic mass is 9.50. The molecule has 5 atom stereocenters. The number of rotatable bonds is 3. The predicted molar refractivity (Wildman–Crippen MR) is 103 cm³/mol. The van der Waals surface area contributed by atoms with Crippen molar-refractivity contribution in [3.63, 3.8) is 0 Å². The fourth-order valence-corrected chi connectivity index (χ4v) is 6.14. The molecule has 0 bridgehead atoms. The number of hydrogen-bond donors (Lipinski definition) is 0. The van der Waals surface area contributed by atoms with Crippen LogP contribution in [-0.2, 0) is 9.53 Å². The highest BCUT2D eigenvalue weighted by Gasteiger charge is 2.63. The van der Waals surface area contributed by atoms with Crippen LogP contribution in [0, 0.1) is 34.5 Å². The van der Waals surface area contributed by atoms with E-state index in [0.717, 1.165) is 19.3 Å². The van der Waals surface area contributed by atoms with Crippen molar-refractivity contribution in [1.29, 1.82) is 0 Å². The first kappa shape index (κ1) is 18.7. The van der Waals surface area contributed by atoms with E-state index in [1.54, 1.807) is 0 Å². The van der Waals surface area contributed by atoms with Crippen molar-refractivity contribution >= 4 is 5.97 Å². The minimum absolute atomic E-state index is 0.0298. The summed E-state index contributed by atoms with van der Waals surface area (Å²) in [5.74, 6) is 2.00. The van der Waals surface area contributed by atoms with Crippen LogP contribution in [0.3, 0.4) is 0 Å². The Morgan fingerprint density at radius 1 is 1.20 bits per heavy atom. The zero-order valence-corrected chi connectivity index (χ0v) is 17.0. The van der Waals surface area contributed by atoms with Gasteiger partial charge in [0.1, 0.15) is 0 Å². The first-order valence-electron chi connectivity index (χ1n) is 10.3. The molecule has 0 unspecified atom stereocenters. The number of esters is 1. The zero-order chi connectivity index (χ0) is 18.4. The lowest BCUT2D eigenvalue weighted by Gasteiger charge is -2.53. The van der Waals surface area contributed by atoms with Crippen molar-refractivity contribution in [2.45, 2.75) is 79.8 Å². The van der Waals surface area contributed by atoms with E-state index in [1.807, 2.05) is 13.8 Å². The molecule has 0 N–H and O–H groups in total. The quantitative estimate of drug-likeness (QED) is 0.593. The predicted octanol–water partition coefficient (Wildman–Crippen LogP) is 5.93. The zero-order valence-electron chi connectivity index (χ0n) is 17.0. The van der Waals surface area contributed by atoms with Gasteiger partial charge in [-0.2, -0.15) is 0 Å². The summed E-state index contributed by atoms with van der Waals surface area (Å²) in [6, 6.07) is 0. The Hall–Kier alpha value is -1.05. The summed E-state index contributed by atoms with van der Waals surface area (Å²) in [5.41, 5.74) is 1.38. The highest BCUT2D eigenvalue weighted by Crippen LogP contribution is 2.65. The number of allylic oxidation sites excluding steroid dienone is 4. The molecule has 3 rings (SSSR count). The molecule has 0 heterocycles. The Bertz CT molecular complexity index is 585. The average molecular weight is 345 g/mol. The minimum Gasteiger partial charge on any atom is -0.463 e. The van der Waals surface area contributed by atoms with Gasteiger partial charge in [-0.15, -0.1) is 0 Å². The molecule has 0 aromatic heterocycles. The van der Waals surface area contributed by atoms with Crippen LogP contribution >= 0.6 is 0 Å². The van der Waals surface area contributed by atoms with E-state index in [2.05, 4.69) is 45.9 Å². The van der Waals surface area contributed by atoms with E-state index in [9.17, 15) is 4.79 Å². The van der Waals surface area contributed by atoms with Crippen LogP contribution in [0.2, 0.25) is 0 Å². The first-order valence-corrected chi connectivity index (χ1v) is 10.3. The maximum absolute atomic E-state index is 13.4. The molecule has 0 radical (unpaired) electrons. The fourth-order valence-electron chi connectivity index (χ4n) is 6.14. The van der Waals surface area contributed by atoms with Gasteiger partial charge in [-0.25, -0.2) is 0 Å². The van der Waals surface area contributed by atoms with Crippen LogP contribution in [0.25, 0.3) is 0 Å². The van der Waals surface area contributed by atoms with Gasteiger partial charge in [0.15, 0.2) is 0 Å². The van der Waals surface area contributed by atoms with Gasteiger partial charge in [0.05, 0.1) is 11.5 Å². The van der Waals surface area contributed by atoms with E-state index in [4.69, 9.17) is 4.74 Å². The molecular formula is C23H36O2. The van der Waals surface area contributed by atoms with Gasteiger partial charge in [0.25, 0.3) is 0 Å². The maximum atomic E-state index is 13.4. The molecule has 3 aliphatic rings. The Morgan fingerprint density at radius 3 is 2.56 bits per heavy atom. The topological polar surface area (TPSA) is 26.3 Å². The third-order valence-electron chi connectivity index (χ3n) is 7.44. The monoisotopic (exact) mass is 344 g/mol. The molecule has 140 valence electrons. The van der Waals surface area contributed by atoms with E-state index < -0.39 is 0 Å². The number of ether oxygens (including phenoxy) is 1. The Labute approximate surface area is 154 Å². The second-order valence-electron chi connectivity index (χ2n) is 9.72. The third kappa shape index (κ3) is 3.00. The number of carbonyl (C=O) groups is 1. The largest absolute Gasteiger partial charge is 0.463 e. The van der Waals surface area contributed by atoms with Crippen LogP contribution in [0.4, 0.5) is 0 Å².